The Morgan fingerprint density at radius 1 is 0.938 bits per heavy atom. The van der Waals surface area contributed by atoms with Crippen LogP contribution in [0.15, 0.2) is 0 Å². The van der Waals surface area contributed by atoms with Crippen LogP contribution in [-0.4, -0.2) is 80.0 Å². The van der Waals surface area contributed by atoms with E-state index in [1.807, 2.05) is 0 Å². The second kappa shape index (κ2) is 6.51. The van der Waals surface area contributed by atoms with E-state index < -0.39 is 0 Å². The van der Waals surface area contributed by atoms with E-state index in [1.165, 1.54) is 0 Å². The van der Waals surface area contributed by atoms with Gasteiger partial charge in [-0.3, -0.25) is 4.90 Å². The van der Waals surface area contributed by atoms with Crippen molar-refractivity contribution in [1.82, 2.24) is 20.4 Å². The van der Waals surface area contributed by atoms with Crippen molar-refractivity contribution in [2.45, 2.75) is 12.6 Å². The Bertz CT molecular complexity index is 190. The lowest BCUT2D eigenvalue weighted by Crippen LogP contribution is -2.50. The van der Waals surface area contributed by atoms with Crippen molar-refractivity contribution in [1.29, 1.82) is 0 Å². The summed E-state index contributed by atoms with van der Waals surface area (Å²) >= 11 is 0. The number of hydrogen-bond donors (Lipinski definition) is 3. The molecule has 0 aromatic carbocycles. The molecular formula is C11H24N4O. The summed E-state index contributed by atoms with van der Waals surface area (Å²) in [6.07, 6.45) is 0.622. The summed E-state index contributed by atoms with van der Waals surface area (Å²) in [6, 6.07) is 0. The molecule has 94 valence electrons. The third-order valence-corrected chi connectivity index (χ3v) is 3.49. The fourth-order valence-corrected chi connectivity index (χ4v) is 2.40. The monoisotopic (exact) mass is 228 g/mol. The molecule has 16 heavy (non-hydrogen) atoms. The molecule has 2 fully saturated rings. The highest BCUT2D eigenvalue weighted by molar-refractivity contribution is 4.73. The van der Waals surface area contributed by atoms with Crippen molar-refractivity contribution in [3.05, 3.63) is 0 Å². The quantitative estimate of drug-likeness (QED) is 0.547. The van der Waals surface area contributed by atoms with Gasteiger partial charge in [-0.2, -0.15) is 0 Å². The van der Waals surface area contributed by atoms with Gasteiger partial charge in [-0.15, -0.1) is 0 Å². The first kappa shape index (κ1) is 12.3. The third kappa shape index (κ3) is 3.68. The van der Waals surface area contributed by atoms with Crippen LogP contribution < -0.4 is 10.6 Å². The Morgan fingerprint density at radius 2 is 1.50 bits per heavy atom. The van der Waals surface area contributed by atoms with Crippen molar-refractivity contribution in [3.8, 4) is 0 Å². The third-order valence-electron chi connectivity index (χ3n) is 3.49. The largest absolute Gasteiger partial charge is 0.378 e. The normalized spacial score (nSPS) is 26.8. The summed E-state index contributed by atoms with van der Waals surface area (Å²) in [6.45, 7) is 9.39. The fraction of sp³-hybridized carbons (Fsp3) is 1.00. The summed E-state index contributed by atoms with van der Waals surface area (Å²) in [7, 11) is 0. The minimum absolute atomic E-state index is 0.253. The van der Waals surface area contributed by atoms with Crippen molar-refractivity contribution in [2.75, 3.05) is 58.9 Å². The molecule has 1 unspecified atom stereocenters. The smallest absolute Gasteiger partial charge is 0.108 e. The Morgan fingerprint density at radius 3 is 2.12 bits per heavy atom. The van der Waals surface area contributed by atoms with E-state index in [1.54, 1.807) is 0 Å². The van der Waals surface area contributed by atoms with Crippen LogP contribution in [0.2, 0.25) is 0 Å². The second-order valence-electron chi connectivity index (χ2n) is 4.65. The van der Waals surface area contributed by atoms with Gasteiger partial charge in [0, 0.05) is 58.9 Å². The van der Waals surface area contributed by atoms with E-state index in [0.717, 1.165) is 65.3 Å². The van der Waals surface area contributed by atoms with Gasteiger partial charge in [0.1, 0.15) is 6.23 Å². The molecule has 0 aromatic rings. The van der Waals surface area contributed by atoms with E-state index in [-0.39, 0.29) is 6.23 Å². The maximum atomic E-state index is 10.1. The molecule has 0 saturated carbocycles. The van der Waals surface area contributed by atoms with Gasteiger partial charge in [0.2, 0.25) is 0 Å². The van der Waals surface area contributed by atoms with Gasteiger partial charge in [0.15, 0.2) is 0 Å². The van der Waals surface area contributed by atoms with Gasteiger partial charge in [-0.05, 0) is 6.42 Å². The minimum Gasteiger partial charge on any atom is -0.378 e. The number of nitrogens with zero attached hydrogens (tertiary/aromatic N) is 2. The highest BCUT2D eigenvalue weighted by Crippen LogP contribution is 2.04. The zero-order chi connectivity index (χ0) is 11.2. The summed E-state index contributed by atoms with van der Waals surface area (Å²) < 4.78 is 0. The van der Waals surface area contributed by atoms with Gasteiger partial charge in [-0.1, -0.05) is 0 Å². The molecule has 2 aliphatic heterocycles. The van der Waals surface area contributed by atoms with Gasteiger partial charge in [0.25, 0.3) is 0 Å². The molecule has 5 heteroatoms. The molecule has 2 heterocycles. The van der Waals surface area contributed by atoms with Gasteiger partial charge in [0.05, 0.1) is 0 Å². The molecule has 0 radical (unpaired) electrons. The highest BCUT2D eigenvalue weighted by atomic mass is 16.3. The van der Waals surface area contributed by atoms with Crippen molar-refractivity contribution < 1.29 is 5.11 Å². The van der Waals surface area contributed by atoms with Crippen LogP contribution >= 0.6 is 0 Å². The zero-order valence-corrected chi connectivity index (χ0v) is 9.99. The van der Waals surface area contributed by atoms with Crippen molar-refractivity contribution in [2.24, 2.45) is 0 Å². The zero-order valence-electron chi connectivity index (χ0n) is 9.99. The molecule has 0 amide bonds. The number of aliphatic hydroxyl groups excluding tert-OH is 1. The average Bonchev–Trinajstić information content (AvgIpc) is 2.38. The molecular weight excluding hydrogens is 204 g/mol. The molecule has 2 rings (SSSR count). The maximum absolute atomic E-state index is 10.1. The Kier molecular flexibility index (Phi) is 4.99. The highest BCUT2D eigenvalue weighted by Gasteiger charge is 2.19. The number of piperazine rings is 2. The van der Waals surface area contributed by atoms with Crippen LogP contribution in [0.5, 0.6) is 0 Å². The van der Waals surface area contributed by atoms with E-state index in [0.29, 0.717) is 0 Å². The molecule has 0 aromatic heterocycles. The van der Waals surface area contributed by atoms with Crippen LogP contribution in [0, 0.1) is 0 Å². The van der Waals surface area contributed by atoms with Crippen molar-refractivity contribution in [3.63, 3.8) is 0 Å². The predicted molar refractivity (Wildman–Crippen MR) is 64.4 cm³/mol. The fourth-order valence-electron chi connectivity index (χ4n) is 2.40. The van der Waals surface area contributed by atoms with E-state index in [4.69, 9.17) is 0 Å². The summed E-state index contributed by atoms with van der Waals surface area (Å²) in [4.78, 5) is 4.61. The van der Waals surface area contributed by atoms with Gasteiger partial charge in [-0.25, -0.2) is 0 Å². The topological polar surface area (TPSA) is 50.8 Å². The minimum atomic E-state index is -0.253. The first-order valence-electron chi connectivity index (χ1n) is 6.42. The predicted octanol–water partition coefficient (Wildman–Crippen LogP) is -1.49. The SMILES string of the molecule is OC(CCN1CCNCC1)N1CCNCC1. The molecule has 0 spiro atoms. The second-order valence-corrected chi connectivity index (χ2v) is 4.65. The number of nitrogens with one attached hydrogen (secondary N) is 2. The standard InChI is InChI=1S/C11H24N4O/c16-11(15-9-4-13-5-10-15)1-6-14-7-2-12-3-8-14/h11-13,16H,1-10H2. The molecule has 2 aliphatic rings. The molecule has 3 N–H and O–H groups in total. The lowest BCUT2D eigenvalue weighted by molar-refractivity contribution is -0.0156. The molecule has 5 nitrogen and oxygen atoms in total. The van der Waals surface area contributed by atoms with Crippen LogP contribution in [0.4, 0.5) is 0 Å². The van der Waals surface area contributed by atoms with E-state index in [2.05, 4.69) is 20.4 Å². The number of rotatable bonds is 4. The van der Waals surface area contributed by atoms with Crippen LogP contribution in [0.25, 0.3) is 0 Å². The maximum Gasteiger partial charge on any atom is 0.108 e. The van der Waals surface area contributed by atoms with Crippen molar-refractivity contribution >= 4 is 0 Å². The Labute approximate surface area is 97.8 Å². The molecule has 0 bridgehead atoms. The number of hydrogen-bond acceptors (Lipinski definition) is 5. The van der Waals surface area contributed by atoms with Gasteiger partial charge >= 0.3 is 0 Å². The first-order chi connectivity index (χ1) is 7.86. The van der Waals surface area contributed by atoms with Crippen LogP contribution in [-0.2, 0) is 0 Å². The van der Waals surface area contributed by atoms with Crippen LogP contribution in [0.1, 0.15) is 6.42 Å². The lowest BCUT2D eigenvalue weighted by atomic mass is 10.2. The molecule has 1 atom stereocenters. The van der Waals surface area contributed by atoms with Gasteiger partial charge < -0.3 is 20.6 Å². The lowest BCUT2D eigenvalue weighted by Gasteiger charge is -2.33. The average molecular weight is 228 g/mol. The van der Waals surface area contributed by atoms with E-state index >= 15 is 0 Å². The van der Waals surface area contributed by atoms with E-state index in [9.17, 15) is 5.11 Å². The Hall–Kier alpha value is -0.200. The summed E-state index contributed by atoms with van der Waals surface area (Å²) in [5.74, 6) is 0. The molecule has 2 saturated heterocycles. The summed E-state index contributed by atoms with van der Waals surface area (Å²) in [5.41, 5.74) is 0. The Balaban J connectivity index is 1.63. The molecule has 0 aliphatic carbocycles. The summed E-state index contributed by atoms with van der Waals surface area (Å²) in [5, 5.41) is 16.7. The number of aliphatic hydroxyl groups is 1. The van der Waals surface area contributed by atoms with Crippen LogP contribution in [0.3, 0.4) is 0 Å². The first-order valence-corrected chi connectivity index (χ1v) is 6.42.